The van der Waals surface area contributed by atoms with Gasteiger partial charge in [0.05, 0.1) is 12.5 Å². The highest BCUT2D eigenvalue weighted by molar-refractivity contribution is 8.00. The smallest absolute Gasteiger partial charge is 0.309 e. The van der Waals surface area contributed by atoms with Gasteiger partial charge in [0.15, 0.2) is 0 Å². The van der Waals surface area contributed by atoms with Crippen LogP contribution in [-0.4, -0.2) is 27.8 Å². The number of hydrogen-bond acceptors (Lipinski definition) is 4. The van der Waals surface area contributed by atoms with Gasteiger partial charge >= 0.3 is 5.97 Å². The molecule has 0 amide bonds. The second-order valence-corrected chi connectivity index (χ2v) is 10.8. The Bertz CT molecular complexity index is 794. The molecule has 0 aliphatic heterocycles. The zero-order chi connectivity index (χ0) is 23.5. The first-order chi connectivity index (χ1) is 15.3. The van der Waals surface area contributed by atoms with Crippen molar-refractivity contribution in [1.29, 1.82) is 0 Å². The van der Waals surface area contributed by atoms with Crippen LogP contribution in [0.15, 0.2) is 35.5 Å². The zero-order valence-corrected chi connectivity index (χ0v) is 21.9. The molecule has 1 aromatic carbocycles. The lowest BCUT2D eigenvalue weighted by atomic mass is 9.81. The highest BCUT2D eigenvalue weighted by Crippen LogP contribution is 2.40. The lowest BCUT2D eigenvalue weighted by molar-refractivity contribution is -0.148. The summed E-state index contributed by atoms with van der Waals surface area (Å²) in [5.41, 5.74) is 0. The van der Waals surface area contributed by atoms with E-state index in [9.17, 15) is 4.79 Å². The van der Waals surface area contributed by atoms with Gasteiger partial charge < -0.3 is 9.72 Å². The third-order valence-electron chi connectivity index (χ3n) is 5.72. The zero-order valence-electron chi connectivity index (χ0n) is 19.6. The number of thioether (sulfide) groups is 1. The summed E-state index contributed by atoms with van der Waals surface area (Å²) < 4.78 is 5.44. The molecule has 2 aromatic rings. The number of esters is 1. The Hall–Kier alpha value is -1.17. The molecule has 0 saturated heterocycles. The summed E-state index contributed by atoms with van der Waals surface area (Å²) in [5.74, 6) is 1.20. The number of benzene rings is 1. The van der Waals surface area contributed by atoms with E-state index in [4.69, 9.17) is 27.9 Å². The lowest BCUT2D eigenvalue weighted by Crippen LogP contribution is -2.30. The van der Waals surface area contributed by atoms with Crippen molar-refractivity contribution >= 4 is 40.9 Å². The number of halogens is 2. The fourth-order valence-electron chi connectivity index (χ4n) is 4.08. The van der Waals surface area contributed by atoms with Crippen LogP contribution in [0.4, 0.5) is 0 Å². The molecule has 1 aromatic heterocycles. The van der Waals surface area contributed by atoms with Gasteiger partial charge in [-0.3, -0.25) is 4.79 Å². The molecule has 1 heterocycles. The Morgan fingerprint density at radius 2 is 1.88 bits per heavy atom. The van der Waals surface area contributed by atoms with Crippen LogP contribution in [0.1, 0.15) is 65.6 Å². The first-order valence-corrected chi connectivity index (χ1v) is 13.2. The number of hydrogen-bond donors (Lipinski definition) is 1. The van der Waals surface area contributed by atoms with Crippen LogP contribution in [0.5, 0.6) is 0 Å². The maximum Gasteiger partial charge on any atom is 0.309 e. The Labute approximate surface area is 207 Å². The highest BCUT2D eigenvalue weighted by atomic mass is 35.5. The van der Waals surface area contributed by atoms with Gasteiger partial charge in [-0.2, -0.15) is 0 Å². The van der Waals surface area contributed by atoms with Crippen LogP contribution < -0.4 is 0 Å². The SMILES string of the molecule is CCCCCC(Sc1cc(Cl)cc(Cl)c1)C(CC(Cc1ncc[nH]1)C(=O)OCC)C(C)C. The first-order valence-electron chi connectivity index (χ1n) is 11.6. The van der Waals surface area contributed by atoms with Crippen molar-refractivity contribution in [3.05, 3.63) is 46.5 Å². The van der Waals surface area contributed by atoms with Gasteiger partial charge in [-0.1, -0.05) is 63.2 Å². The molecule has 3 unspecified atom stereocenters. The summed E-state index contributed by atoms with van der Waals surface area (Å²) in [4.78, 5) is 21.4. The third-order valence-corrected chi connectivity index (χ3v) is 7.55. The fraction of sp³-hybridized carbons (Fsp3) is 0.600. The summed E-state index contributed by atoms with van der Waals surface area (Å²) in [6, 6.07) is 5.72. The van der Waals surface area contributed by atoms with Crippen molar-refractivity contribution in [1.82, 2.24) is 9.97 Å². The van der Waals surface area contributed by atoms with Crippen molar-refractivity contribution in [2.45, 2.75) is 76.4 Å². The monoisotopic (exact) mass is 498 g/mol. The van der Waals surface area contributed by atoms with Crippen molar-refractivity contribution in [3.63, 3.8) is 0 Å². The first kappa shape index (κ1) is 27.1. The maximum absolute atomic E-state index is 12.9. The lowest BCUT2D eigenvalue weighted by Gasteiger charge is -2.32. The normalized spacial score (nSPS) is 14.3. The number of nitrogens with zero attached hydrogens (tertiary/aromatic N) is 1. The molecule has 7 heteroatoms. The van der Waals surface area contributed by atoms with Gasteiger partial charge in [0.25, 0.3) is 0 Å². The van der Waals surface area contributed by atoms with Gasteiger partial charge in [0, 0.05) is 39.0 Å². The maximum atomic E-state index is 12.9. The van der Waals surface area contributed by atoms with E-state index in [2.05, 4.69) is 30.7 Å². The topological polar surface area (TPSA) is 55.0 Å². The molecule has 0 fully saturated rings. The molecule has 0 aliphatic carbocycles. The Balaban J connectivity index is 2.27. The van der Waals surface area contributed by atoms with Gasteiger partial charge in [0.1, 0.15) is 5.82 Å². The van der Waals surface area contributed by atoms with E-state index in [0.717, 1.165) is 30.0 Å². The summed E-state index contributed by atoms with van der Waals surface area (Å²) >= 11 is 14.4. The molecule has 0 spiro atoms. The minimum Gasteiger partial charge on any atom is -0.466 e. The molecule has 1 N–H and O–H groups in total. The number of carbonyl (C=O) groups excluding carboxylic acids is 1. The van der Waals surface area contributed by atoms with Gasteiger partial charge in [-0.05, 0) is 49.8 Å². The number of nitrogens with one attached hydrogen (secondary N) is 1. The Morgan fingerprint density at radius 3 is 2.44 bits per heavy atom. The number of ether oxygens (including phenoxy) is 1. The third kappa shape index (κ3) is 8.99. The predicted octanol–water partition coefficient (Wildman–Crippen LogP) is 7.84. The highest BCUT2D eigenvalue weighted by Gasteiger charge is 2.32. The minimum absolute atomic E-state index is 0.141. The van der Waals surface area contributed by atoms with Crippen LogP contribution in [0.3, 0.4) is 0 Å². The quantitative estimate of drug-likeness (QED) is 0.163. The summed E-state index contributed by atoms with van der Waals surface area (Å²) in [7, 11) is 0. The number of aromatic amines is 1. The fourth-order valence-corrected chi connectivity index (χ4v) is 6.35. The molecule has 2 rings (SSSR count). The van der Waals surface area contributed by atoms with E-state index in [-0.39, 0.29) is 11.9 Å². The van der Waals surface area contributed by atoms with E-state index in [1.165, 1.54) is 12.8 Å². The number of aromatic nitrogens is 2. The number of unbranched alkanes of at least 4 members (excludes halogenated alkanes) is 2. The van der Waals surface area contributed by atoms with Crippen molar-refractivity contribution < 1.29 is 9.53 Å². The van der Waals surface area contributed by atoms with Gasteiger partial charge in [0.2, 0.25) is 0 Å². The van der Waals surface area contributed by atoms with Gasteiger partial charge in [-0.15, -0.1) is 11.8 Å². The standard InChI is InChI=1S/C25H36Cl2N2O2S/c1-5-7-8-9-23(32-21-15-19(26)14-20(27)16-21)22(17(3)4)12-18(25(30)31-6-2)13-24-28-10-11-29-24/h10-11,14-18,22-23H,5-9,12-13H2,1-4H3,(H,28,29). The molecule has 0 radical (unpaired) electrons. The molecule has 0 aliphatic rings. The molecule has 3 atom stereocenters. The van der Waals surface area contributed by atoms with Gasteiger partial charge in [-0.25, -0.2) is 4.98 Å². The summed E-state index contributed by atoms with van der Waals surface area (Å²) in [6.07, 6.45) is 9.46. The van der Waals surface area contributed by atoms with Crippen LogP contribution >= 0.6 is 35.0 Å². The van der Waals surface area contributed by atoms with Crippen molar-refractivity contribution in [2.24, 2.45) is 17.8 Å². The van der Waals surface area contributed by atoms with Crippen LogP contribution in [0, 0.1) is 17.8 Å². The second-order valence-electron chi connectivity index (χ2n) is 8.59. The molecular weight excluding hydrogens is 463 g/mol. The van der Waals surface area contributed by atoms with Crippen LogP contribution in [0.2, 0.25) is 10.0 Å². The number of imidazole rings is 1. The molecule has 4 nitrogen and oxygen atoms in total. The predicted molar refractivity (Wildman–Crippen MR) is 136 cm³/mol. The Morgan fingerprint density at radius 1 is 1.16 bits per heavy atom. The Kier molecular flexibility index (Phi) is 12.0. The average molecular weight is 500 g/mol. The second kappa shape index (κ2) is 14.2. The largest absolute Gasteiger partial charge is 0.466 e. The van der Waals surface area contributed by atoms with Crippen molar-refractivity contribution in [3.8, 4) is 0 Å². The van der Waals surface area contributed by atoms with E-state index in [1.807, 2.05) is 30.8 Å². The molecule has 0 saturated carbocycles. The number of H-pyrrole nitrogens is 1. The van der Waals surface area contributed by atoms with Crippen LogP contribution in [-0.2, 0) is 16.0 Å². The number of rotatable bonds is 14. The average Bonchev–Trinajstić information content (AvgIpc) is 3.23. The molecule has 0 bridgehead atoms. The van der Waals surface area contributed by atoms with Crippen LogP contribution in [0.25, 0.3) is 0 Å². The summed E-state index contributed by atoms with van der Waals surface area (Å²) in [6.45, 7) is 8.96. The van der Waals surface area contributed by atoms with E-state index < -0.39 is 0 Å². The van der Waals surface area contributed by atoms with E-state index in [1.54, 1.807) is 18.5 Å². The number of carbonyl (C=O) groups is 1. The van der Waals surface area contributed by atoms with E-state index >= 15 is 0 Å². The molecule has 32 heavy (non-hydrogen) atoms. The van der Waals surface area contributed by atoms with Crippen molar-refractivity contribution in [2.75, 3.05) is 6.61 Å². The summed E-state index contributed by atoms with van der Waals surface area (Å²) in [5, 5.41) is 1.65. The minimum atomic E-state index is -0.231. The van der Waals surface area contributed by atoms with E-state index in [0.29, 0.717) is 40.2 Å². The molecular formula is C25H36Cl2N2O2S. The molecule has 178 valence electrons.